The predicted octanol–water partition coefficient (Wildman–Crippen LogP) is 4.86. The highest BCUT2D eigenvalue weighted by Gasteiger charge is 2.12. The average Bonchev–Trinajstić information content (AvgIpc) is 2.63. The lowest BCUT2D eigenvalue weighted by molar-refractivity contribution is -0.107. The van der Waals surface area contributed by atoms with Gasteiger partial charge in [0.2, 0.25) is 5.75 Å². The molecule has 4 aromatic rings. The molecule has 0 fully saturated rings. The van der Waals surface area contributed by atoms with E-state index < -0.39 is 5.75 Å². The van der Waals surface area contributed by atoms with Crippen molar-refractivity contribution in [2.45, 2.75) is 13.3 Å². The van der Waals surface area contributed by atoms with Gasteiger partial charge in [0, 0.05) is 11.8 Å². The molecule has 0 saturated heterocycles. The molecular formula is C21H18O4. The summed E-state index contributed by atoms with van der Waals surface area (Å²) < 4.78 is 0. The van der Waals surface area contributed by atoms with Crippen molar-refractivity contribution in [1.29, 1.82) is 0 Å². The molecule has 0 aliphatic rings. The van der Waals surface area contributed by atoms with Crippen LogP contribution in [0.1, 0.15) is 13.3 Å². The third-order valence-electron chi connectivity index (χ3n) is 4.05. The molecule has 0 amide bonds. The topological polar surface area (TPSA) is 77.8 Å². The van der Waals surface area contributed by atoms with Crippen LogP contribution in [0.2, 0.25) is 0 Å². The van der Waals surface area contributed by atoms with Crippen molar-refractivity contribution < 1.29 is 20.1 Å². The Morgan fingerprint density at radius 3 is 1.84 bits per heavy atom. The van der Waals surface area contributed by atoms with Crippen LogP contribution in [0.15, 0.2) is 54.6 Å². The summed E-state index contributed by atoms with van der Waals surface area (Å²) in [6.45, 7) is 1.81. The van der Waals surface area contributed by atoms with Gasteiger partial charge in [-0.3, -0.25) is 0 Å². The maximum absolute atomic E-state index is 10.0. The van der Waals surface area contributed by atoms with Crippen molar-refractivity contribution >= 4 is 38.6 Å². The third kappa shape index (κ3) is 3.06. The largest absolute Gasteiger partial charge is 0.504 e. The zero-order valence-electron chi connectivity index (χ0n) is 13.7. The van der Waals surface area contributed by atoms with Crippen molar-refractivity contribution in [3.8, 4) is 17.2 Å². The van der Waals surface area contributed by atoms with Crippen molar-refractivity contribution in [2.24, 2.45) is 0 Å². The van der Waals surface area contributed by atoms with Gasteiger partial charge < -0.3 is 20.1 Å². The summed E-state index contributed by atoms with van der Waals surface area (Å²) in [5, 5.41) is 34.7. The van der Waals surface area contributed by atoms with E-state index in [0.717, 1.165) is 27.8 Å². The second kappa shape index (κ2) is 6.69. The second-order valence-corrected chi connectivity index (χ2v) is 5.79. The minimum Gasteiger partial charge on any atom is -0.504 e. The zero-order chi connectivity index (χ0) is 18.0. The van der Waals surface area contributed by atoms with Crippen LogP contribution >= 0.6 is 0 Å². The van der Waals surface area contributed by atoms with Crippen molar-refractivity contribution in [1.82, 2.24) is 0 Å². The van der Waals surface area contributed by atoms with Crippen LogP contribution in [0.4, 0.5) is 0 Å². The highest BCUT2D eigenvalue weighted by molar-refractivity contribution is 6.07. The summed E-state index contributed by atoms with van der Waals surface area (Å²) in [6.07, 6.45) is 1.51. The summed E-state index contributed by atoms with van der Waals surface area (Å²) in [5.74, 6) is -1.09. The zero-order valence-corrected chi connectivity index (χ0v) is 13.7. The molecule has 0 aliphatic carbocycles. The summed E-state index contributed by atoms with van der Waals surface area (Å²) >= 11 is 0. The number of rotatable bonds is 1. The predicted molar refractivity (Wildman–Crippen MR) is 100 cm³/mol. The van der Waals surface area contributed by atoms with E-state index in [1.807, 2.05) is 49.4 Å². The molecule has 4 heteroatoms. The monoisotopic (exact) mass is 334 g/mol. The molecule has 0 atom stereocenters. The number of fused-ring (bicyclic) bond motifs is 3. The minimum absolute atomic E-state index is 0.292. The van der Waals surface area contributed by atoms with Crippen LogP contribution in [0, 0.1) is 0 Å². The van der Waals surface area contributed by atoms with Crippen LogP contribution in [0.3, 0.4) is 0 Å². The van der Waals surface area contributed by atoms with Gasteiger partial charge in [-0.15, -0.1) is 0 Å². The molecule has 4 aromatic carbocycles. The number of aldehydes is 1. The fourth-order valence-electron chi connectivity index (χ4n) is 2.80. The Labute approximate surface area is 144 Å². The Morgan fingerprint density at radius 1 is 0.760 bits per heavy atom. The average molecular weight is 334 g/mol. The number of phenols is 3. The van der Waals surface area contributed by atoms with Gasteiger partial charge in [0.15, 0.2) is 11.5 Å². The van der Waals surface area contributed by atoms with Gasteiger partial charge in [-0.1, -0.05) is 31.2 Å². The van der Waals surface area contributed by atoms with E-state index in [9.17, 15) is 20.1 Å². The smallest absolute Gasteiger partial charge is 0.200 e. The van der Waals surface area contributed by atoms with Gasteiger partial charge in [0.05, 0.1) is 0 Å². The third-order valence-corrected chi connectivity index (χ3v) is 4.05. The van der Waals surface area contributed by atoms with Crippen LogP contribution in [0.5, 0.6) is 17.2 Å². The molecule has 0 aromatic heterocycles. The molecule has 4 rings (SSSR count). The molecule has 0 radical (unpaired) electrons. The highest BCUT2D eigenvalue weighted by Crippen LogP contribution is 2.42. The first-order valence-corrected chi connectivity index (χ1v) is 7.99. The molecule has 126 valence electrons. The van der Waals surface area contributed by atoms with Crippen LogP contribution in [-0.2, 0) is 4.79 Å². The van der Waals surface area contributed by atoms with Crippen molar-refractivity contribution in [2.75, 3.05) is 0 Å². The quantitative estimate of drug-likeness (QED) is 0.264. The highest BCUT2D eigenvalue weighted by atomic mass is 16.3. The SMILES string of the molecule is CCC=O.Oc1cc2cc3cc4ccccc4cc3cc2c(O)c1O. The van der Waals surface area contributed by atoms with E-state index in [1.165, 1.54) is 6.07 Å². The summed E-state index contributed by atoms with van der Waals surface area (Å²) in [7, 11) is 0. The Kier molecular flexibility index (Phi) is 4.44. The van der Waals surface area contributed by atoms with Gasteiger partial charge >= 0.3 is 0 Å². The number of carbonyl (C=O) groups is 1. The van der Waals surface area contributed by atoms with E-state index in [2.05, 4.69) is 6.07 Å². The molecule has 0 saturated carbocycles. The molecule has 0 aliphatic heterocycles. The molecule has 4 nitrogen and oxygen atoms in total. The van der Waals surface area contributed by atoms with E-state index in [0.29, 0.717) is 17.2 Å². The number of hydrogen-bond donors (Lipinski definition) is 3. The lowest BCUT2D eigenvalue weighted by Crippen LogP contribution is -1.81. The van der Waals surface area contributed by atoms with E-state index >= 15 is 0 Å². The van der Waals surface area contributed by atoms with Gasteiger partial charge in [-0.25, -0.2) is 0 Å². The number of aromatic hydroxyl groups is 3. The summed E-state index contributed by atoms with van der Waals surface area (Å²) in [4.78, 5) is 9.17. The van der Waals surface area contributed by atoms with Crippen LogP contribution in [-0.4, -0.2) is 21.6 Å². The molecule has 0 heterocycles. The maximum Gasteiger partial charge on any atom is 0.200 e. The molecule has 25 heavy (non-hydrogen) atoms. The summed E-state index contributed by atoms with van der Waals surface area (Å²) in [5.41, 5.74) is 0. The standard InChI is InChI=1S/C18H12O3.C3H6O/c19-16-9-14-7-12-5-10-3-1-2-4-11(10)6-13(12)8-15(14)17(20)18(16)21;1-2-3-4/h1-9,19-21H;3H,2H2,1H3. The lowest BCUT2D eigenvalue weighted by Gasteiger charge is -2.08. The van der Waals surface area contributed by atoms with Crippen molar-refractivity contribution in [3.05, 3.63) is 54.6 Å². The fourth-order valence-corrected chi connectivity index (χ4v) is 2.80. The Balaban J connectivity index is 0.000000415. The Bertz CT molecular complexity index is 1080. The number of carbonyl (C=O) groups excluding carboxylic acids is 1. The van der Waals surface area contributed by atoms with Crippen LogP contribution in [0.25, 0.3) is 32.3 Å². The van der Waals surface area contributed by atoms with Gasteiger partial charge in [0.1, 0.15) is 6.29 Å². The number of phenolic OH excluding ortho intramolecular Hbond substituents is 3. The van der Waals surface area contributed by atoms with Gasteiger partial charge in [-0.2, -0.15) is 0 Å². The van der Waals surface area contributed by atoms with Crippen LogP contribution < -0.4 is 0 Å². The Morgan fingerprint density at radius 2 is 1.28 bits per heavy atom. The normalized spacial score (nSPS) is 10.6. The number of benzene rings is 4. The van der Waals surface area contributed by atoms with Crippen molar-refractivity contribution in [3.63, 3.8) is 0 Å². The van der Waals surface area contributed by atoms with Gasteiger partial charge in [0.25, 0.3) is 0 Å². The van der Waals surface area contributed by atoms with E-state index in [1.54, 1.807) is 0 Å². The first-order valence-electron chi connectivity index (χ1n) is 7.99. The van der Waals surface area contributed by atoms with E-state index in [-0.39, 0.29) is 11.5 Å². The summed E-state index contributed by atoms with van der Waals surface area (Å²) in [6, 6.07) is 17.4. The Hall–Kier alpha value is -3.27. The fraction of sp³-hybridized carbons (Fsp3) is 0.0952. The maximum atomic E-state index is 10.0. The van der Waals surface area contributed by atoms with E-state index in [4.69, 9.17) is 0 Å². The molecular weight excluding hydrogens is 316 g/mol. The number of hydrogen-bond acceptors (Lipinski definition) is 4. The molecule has 0 bridgehead atoms. The molecule has 3 N–H and O–H groups in total. The molecule has 0 unspecified atom stereocenters. The second-order valence-electron chi connectivity index (χ2n) is 5.79. The molecule has 0 spiro atoms. The first kappa shape index (κ1) is 16.6. The minimum atomic E-state index is -0.484. The first-order chi connectivity index (χ1) is 12.0. The van der Waals surface area contributed by atoms with Gasteiger partial charge in [-0.05, 0) is 57.3 Å². The lowest BCUT2D eigenvalue weighted by atomic mass is 9.99.